The molecule has 3 nitrogen and oxygen atoms in total. The molecule has 0 rings (SSSR count). The van der Waals surface area contributed by atoms with E-state index in [1.54, 1.807) is 0 Å². The Labute approximate surface area is 107 Å². The van der Waals surface area contributed by atoms with E-state index in [9.17, 15) is 0 Å². The van der Waals surface area contributed by atoms with Gasteiger partial charge < -0.3 is 5.32 Å². The van der Waals surface area contributed by atoms with Crippen molar-refractivity contribution in [3.63, 3.8) is 0 Å². The van der Waals surface area contributed by atoms with Crippen molar-refractivity contribution in [1.29, 1.82) is 0 Å². The van der Waals surface area contributed by atoms with E-state index in [1.807, 2.05) is 12.4 Å². The summed E-state index contributed by atoms with van der Waals surface area (Å²) in [5.74, 6) is 1.26. The highest BCUT2D eigenvalue weighted by molar-refractivity contribution is 5.67. The fraction of sp³-hybridized carbons (Fsp3) is 0.857. The Bertz CT molecular complexity index is 208. The van der Waals surface area contributed by atoms with Crippen LogP contribution in [0.1, 0.15) is 41.5 Å². The molecule has 0 aromatic carbocycles. The third-order valence-corrected chi connectivity index (χ3v) is 2.12. The average molecular weight is 239 g/mol. The quantitative estimate of drug-likeness (QED) is 0.650. The van der Waals surface area contributed by atoms with Crippen molar-refractivity contribution >= 4 is 12.4 Å². The van der Waals surface area contributed by atoms with Gasteiger partial charge in [0.2, 0.25) is 0 Å². The average Bonchev–Trinajstić information content (AvgIpc) is 2.15. The minimum Gasteiger partial charge on any atom is -0.302 e. The Hall–Kier alpha value is -0.700. The van der Waals surface area contributed by atoms with Crippen molar-refractivity contribution in [2.24, 2.45) is 21.8 Å². The van der Waals surface area contributed by atoms with Crippen LogP contribution in [-0.4, -0.2) is 37.6 Å². The molecule has 0 aliphatic heterocycles. The first-order valence-electron chi connectivity index (χ1n) is 6.67. The summed E-state index contributed by atoms with van der Waals surface area (Å²) in [5, 5.41) is 3.43. The van der Waals surface area contributed by atoms with E-state index in [1.165, 1.54) is 0 Å². The third kappa shape index (κ3) is 11.6. The van der Waals surface area contributed by atoms with E-state index < -0.39 is 0 Å². The van der Waals surface area contributed by atoms with Crippen LogP contribution >= 0.6 is 0 Å². The summed E-state index contributed by atoms with van der Waals surface area (Å²) in [4.78, 5) is 8.80. The first-order valence-corrected chi connectivity index (χ1v) is 6.67. The molecule has 1 N–H and O–H groups in total. The van der Waals surface area contributed by atoms with Crippen LogP contribution in [0.15, 0.2) is 9.98 Å². The van der Waals surface area contributed by atoms with Crippen molar-refractivity contribution in [3.8, 4) is 0 Å². The highest BCUT2D eigenvalue weighted by Gasteiger charge is 2.02. The van der Waals surface area contributed by atoms with Gasteiger partial charge in [0.15, 0.2) is 0 Å². The van der Waals surface area contributed by atoms with Gasteiger partial charge in [-0.2, -0.15) is 0 Å². The van der Waals surface area contributed by atoms with Crippen molar-refractivity contribution in [2.75, 3.05) is 13.1 Å². The van der Waals surface area contributed by atoms with Gasteiger partial charge in [0.1, 0.15) is 0 Å². The molecule has 100 valence electrons. The number of nitrogens with zero attached hydrogens (tertiary/aromatic N) is 2. The van der Waals surface area contributed by atoms with Crippen molar-refractivity contribution in [3.05, 3.63) is 0 Å². The van der Waals surface area contributed by atoms with Gasteiger partial charge in [0.25, 0.3) is 0 Å². The Morgan fingerprint density at radius 3 is 1.41 bits per heavy atom. The molecule has 0 spiro atoms. The van der Waals surface area contributed by atoms with E-state index in [0.717, 1.165) is 13.1 Å². The molecule has 0 aromatic rings. The Morgan fingerprint density at radius 2 is 1.12 bits per heavy atom. The van der Waals surface area contributed by atoms with Crippen molar-refractivity contribution < 1.29 is 0 Å². The summed E-state index contributed by atoms with van der Waals surface area (Å²) in [6.45, 7) is 14.8. The lowest BCUT2D eigenvalue weighted by molar-refractivity contribution is 0.623. The highest BCUT2D eigenvalue weighted by atomic mass is 15.0. The number of hydrogen-bond donors (Lipinski definition) is 1. The van der Waals surface area contributed by atoms with Crippen LogP contribution in [0.5, 0.6) is 0 Å². The van der Waals surface area contributed by atoms with Crippen molar-refractivity contribution in [1.82, 2.24) is 5.32 Å². The Kier molecular flexibility index (Phi) is 8.96. The van der Waals surface area contributed by atoms with Gasteiger partial charge in [0.05, 0.1) is 0 Å². The van der Waals surface area contributed by atoms with Gasteiger partial charge in [-0.05, 0) is 25.7 Å². The molecule has 0 heterocycles. The monoisotopic (exact) mass is 239 g/mol. The lowest BCUT2D eigenvalue weighted by Gasteiger charge is -2.13. The molecule has 0 amide bonds. The molecule has 3 heteroatoms. The summed E-state index contributed by atoms with van der Waals surface area (Å²) in [6.07, 6.45) is 3.99. The second-order valence-electron chi connectivity index (χ2n) is 5.56. The SMILES string of the molecule is CC(C)CN=CC(C)NC(C)C=NCC(C)C. The summed E-state index contributed by atoms with van der Waals surface area (Å²) >= 11 is 0. The minimum atomic E-state index is 0.300. The topological polar surface area (TPSA) is 36.8 Å². The van der Waals surface area contributed by atoms with Crippen LogP contribution < -0.4 is 5.32 Å². The predicted molar refractivity (Wildman–Crippen MR) is 78.5 cm³/mol. The highest BCUT2D eigenvalue weighted by Crippen LogP contribution is 1.93. The number of hydrogen-bond acceptors (Lipinski definition) is 3. The second kappa shape index (κ2) is 9.34. The fourth-order valence-corrected chi connectivity index (χ4v) is 1.36. The molecule has 0 aromatic heterocycles. The lowest BCUT2D eigenvalue weighted by atomic mass is 10.2. The molecule has 0 aliphatic rings. The van der Waals surface area contributed by atoms with Gasteiger partial charge in [0, 0.05) is 37.6 Å². The first kappa shape index (κ1) is 16.3. The number of rotatable bonds is 8. The van der Waals surface area contributed by atoms with E-state index in [2.05, 4.69) is 56.8 Å². The van der Waals surface area contributed by atoms with E-state index >= 15 is 0 Å². The lowest BCUT2D eigenvalue weighted by Crippen LogP contribution is -2.36. The molecule has 0 saturated heterocycles. The zero-order valence-corrected chi connectivity index (χ0v) is 12.3. The first-order chi connectivity index (χ1) is 7.91. The van der Waals surface area contributed by atoms with Crippen LogP contribution in [-0.2, 0) is 0 Å². The molecule has 2 unspecified atom stereocenters. The number of nitrogens with one attached hydrogen (secondary N) is 1. The fourth-order valence-electron chi connectivity index (χ4n) is 1.36. The maximum Gasteiger partial charge on any atom is 0.0409 e. The number of aliphatic imine (C=N–C) groups is 2. The van der Waals surface area contributed by atoms with Crippen LogP contribution in [0.3, 0.4) is 0 Å². The summed E-state index contributed by atoms with van der Waals surface area (Å²) in [6, 6.07) is 0.600. The largest absolute Gasteiger partial charge is 0.302 e. The van der Waals surface area contributed by atoms with Crippen molar-refractivity contribution in [2.45, 2.75) is 53.6 Å². The Morgan fingerprint density at radius 1 is 0.765 bits per heavy atom. The van der Waals surface area contributed by atoms with Gasteiger partial charge in [-0.25, -0.2) is 0 Å². The second-order valence-corrected chi connectivity index (χ2v) is 5.56. The molecule has 0 fully saturated rings. The van der Waals surface area contributed by atoms with Crippen LogP contribution in [0.4, 0.5) is 0 Å². The van der Waals surface area contributed by atoms with Gasteiger partial charge in [-0.3, -0.25) is 9.98 Å². The van der Waals surface area contributed by atoms with Gasteiger partial charge >= 0.3 is 0 Å². The molecule has 17 heavy (non-hydrogen) atoms. The maximum absolute atomic E-state index is 4.40. The molecule has 0 saturated carbocycles. The smallest absolute Gasteiger partial charge is 0.0409 e. The summed E-state index contributed by atoms with van der Waals surface area (Å²) in [5.41, 5.74) is 0. The van der Waals surface area contributed by atoms with Gasteiger partial charge in [-0.1, -0.05) is 27.7 Å². The zero-order chi connectivity index (χ0) is 13.3. The van der Waals surface area contributed by atoms with E-state index in [-0.39, 0.29) is 0 Å². The molecule has 0 radical (unpaired) electrons. The summed E-state index contributed by atoms with van der Waals surface area (Å²) < 4.78 is 0. The zero-order valence-electron chi connectivity index (χ0n) is 12.3. The summed E-state index contributed by atoms with van der Waals surface area (Å²) in [7, 11) is 0. The normalized spacial score (nSPS) is 16.5. The van der Waals surface area contributed by atoms with Crippen LogP contribution in [0.25, 0.3) is 0 Å². The maximum atomic E-state index is 4.40. The van der Waals surface area contributed by atoms with Gasteiger partial charge in [-0.15, -0.1) is 0 Å². The standard InChI is InChI=1S/C14H29N3/c1-11(2)7-15-9-13(5)17-14(6)10-16-8-12(3)4/h9-14,17H,7-8H2,1-6H3. The van der Waals surface area contributed by atoms with Crippen LogP contribution in [0.2, 0.25) is 0 Å². The molecule has 2 atom stereocenters. The minimum absolute atomic E-state index is 0.300. The van der Waals surface area contributed by atoms with E-state index in [4.69, 9.17) is 0 Å². The van der Waals surface area contributed by atoms with E-state index in [0.29, 0.717) is 23.9 Å². The molecule has 0 aliphatic carbocycles. The molecule has 0 bridgehead atoms. The molecular formula is C14H29N3. The predicted octanol–water partition coefficient (Wildman–Crippen LogP) is 2.81. The molecular weight excluding hydrogens is 210 g/mol. The van der Waals surface area contributed by atoms with Crippen LogP contribution in [0, 0.1) is 11.8 Å². The Balaban J connectivity index is 3.83. The third-order valence-electron chi connectivity index (χ3n) is 2.12.